The summed E-state index contributed by atoms with van der Waals surface area (Å²) in [6.07, 6.45) is 1.68. The molecule has 0 unspecified atom stereocenters. The molecule has 0 aliphatic heterocycles. The second-order valence-electron chi connectivity index (χ2n) is 5.71. The second-order valence-corrected chi connectivity index (χ2v) is 6.66. The summed E-state index contributed by atoms with van der Waals surface area (Å²) >= 11 is 1.40. The number of aryl methyl sites for hydroxylation is 1. The largest absolute Gasteiger partial charge is 0.341 e. The first-order chi connectivity index (χ1) is 12.3. The van der Waals surface area contributed by atoms with Crippen molar-refractivity contribution in [1.82, 2.24) is 9.99 Å². The van der Waals surface area contributed by atoms with Crippen LogP contribution in [-0.2, 0) is 6.54 Å². The SMILES string of the molecule is CCn1c2ccccc2c2cc(/C=N/NC(=O)c3cccs3)ccc21. The summed E-state index contributed by atoms with van der Waals surface area (Å²) in [7, 11) is 0. The number of amides is 1. The maximum Gasteiger partial charge on any atom is 0.281 e. The van der Waals surface area contributed by atoms with Gasteiger partial charge in [0.15, 0.2) is 0 Å². The number of hydrogen-bond acceptors (Lipinski definition) is 3. The summed E-state index contributed by atoms with van der Waals surface area (Å²) < 4.78 is 2.31. The molecular weight excluding hydrogens is 330 g/mol. The Kier molecular flexibility index (Phi) is 4.07. The van der Waals surface area contributed by atoms with Gasteiger partial charge in [0.1, 0.15) is 0 Å². The highest BCUT2D eigenvalue weighted by Gasteiger charge is 2.09. The lowest BCUT2D eigenvalue weighted by Gasteiger charge is -2.02. The van der Waals surface area contributed by atoms with E-state index in [9.17, 15) is 4.79 Å². The topological polar surface area (TPSA) is 46.4 Å². The van der Waals surface area contributed by atoms with Crippen LogP contribution in [0.5, 0.6) is 0 Å². The number of aromatic nitrogens is 1. The van der Waals surface area contributed by atoms with Crippen molar-refractivity contribution in [3.05, 3.63) is 70.4 Å². The van der Waals surface area contributed by atoms with Crippen LogP contribution in [0.1, 0.15) is 22.2 Å². The van der Waals surface area contributed by atoms with Gasteiger partial charge in [0, 0.05) is 28.4 Å². The highest BCUT2D eigenvalue weighted by Crippen LogP contribution is 2.29. The minimum atomic E-state index is -0.185. The summed E-state index contributed by atoms with van der Waals surface area (Å²) in [6.45, 7) is 3.08. The number of nitrogens with one attached hydrogen (secondary N) is 1. The number of rotatable bonds is 4. The smallest absolute Gasteiger partial charge is 0.281 e. The van der Waals surface area contributed by atoms with Gasteiger partial charge in [0.25, 0.3) is 5.91 Å². The molecule has 2 aromatic carbocycles. The molecule has 4 nitrogen and oxygen atoms in total. The van der Waals surface area contributed by atoms with Gasteiger partial charge in [-0.15, -0.1) is 11.3 Å². The van der Waals surface area contributed by atoms with Gasteiger partial charge in [0.2, 0.25) is 0 Å². The van der Waals surface area contributed by atoms with Crippen LogP contribution >= 0.6 is 11.3 Å². The fourth-order valence-corrected chi connectivity index (χ4v) is 3.73. The molecule has 0 aliphatic carbocycles. The van der Waals surface area contributed by atoms with Gasteiger partial charge in [-0.05, 0) is 42.1 Å². The summed E-state index contributed by atoms with van der Waals surface area (Å²) in [5, 5.41) is 8.39. The molecule has 0 saturated carbocycles. The zero-order valence-corrected chi connectivity index (χ0v) is 14.6. The predicted molar refractivity (Wildman–Crippen MR) is 104 cm³/mol. The molecule has 0 aliphatic rings. The Balaban J connectivity index is 1.66. The molecule has 1 amide bonds. The molecule has 0 atom stereocenters. The van der Waals surface area contributed by atoms with Crippen LogP contribution in [0.2, 0.25) is 0 Å². The van der Waals surface area contributed by atoms with E-state index in [-0.39, 0.29) is 5.91 Å². The zero-order valence-electron chi connectivity index (χ0n) is 13.8. The van der Waals surface area contributed by atoms with E-state index in [1.807, 2.05) is 17.5 Å². The minimum absolute atomic E-state index is 0.185. The van der Waals surface area contributed by atoms with E-state index >= 15 is 0 Å². The van der Waals surface area contributed by atoms with Gasteiger partial charge in [-0.2, -0.15) is 5.10 Å². The van der Waals surface area contributed by atoms with Crippen LogP contribution in [0, 0.1) is 0 Å². The van der Waals surface area contributed by atoms with Crippen molar-refractivity contribution in [2.24, 2.45) is 5.10 Å². The number of carbonyl (C=O) groups excluding carboxylic acids is 1. The Morgan fingerprint density at radius 1 is 1.12 bits per heavy atom. The van der Waals surface area contributed by atoms with Crippen molar-refractivity contribution in [2.45, 2.75) is 13.5 Å². The van der Waals surface area contributed by atoms with Crippen molar-refractivity contribution in [3.63, 3.8) is 0 Å². The molecule has 4 aromatic rings. The molecule has 124 valence electrons. The number of thiophene rings is 1. The van der Waals surface area contributed by atoms with Gasteiger partial charge < -0.3 is 4.57 Å². The van der Waals surface area contributed by atoms with Gasteiger partial charge >= 0.3 is 0 Å². The second kappa shape index (κ2) is 6.53. The van der Waals surface area contributed by atoms with E-state index in [1.165, 1.54) is 33.1 Å². The molecule has 0 radical (unpaired) electrons. The number of hydrazone groups is 1. The van der Waals surface area contributed by atoms with Gasteiger partial charge in [-0.3, -0.25) is 4.79 Å². The van der Waals surface area contributed by atoms with Crippen molar-refractivity contribution in [2.75, 3.05) is 0 Å². The summed E-state index contributed by atoms with van der Waals surface area (Å²) in [5.41, 5.74) is 5.98. The standard InChI is InChI=1S/C20H17N3OS/c1-2-23-17-7-4-3-6-15(17)16-12-14(9-10-18(16)23)13-21-22-20(24)19-8-5-11-25-19/h3-13H,2H2,1H3,(H,22,24)/b21-13+. The van der Waals surface area contributed by atoms with Crippen LogP contribution in [0.4, 0.5) is 0 Å². The van der Waals surface area contributed by atoms with E-state index in [4.69, 9.17) is 0 Å². The maximum absolute atomic E-state index is 11.9. The lowest BCUT2D eigenvalue weighted by Crippen LogP contribution is -2.16. The predicted octanol–water partition coefficient (Wildman–Crippen LogP) is 4.64. The number of benzene rings is 2. The molecule has 0 bridgehead atoms. The number of hydrogen-bond donors (Lipinski definition) is 1. The van der Waals surface area contributed by atoms with Gasteiger partial charge in [-0.25, -0.2) is 5.43 Å². The summed E-state index contributed by atoms with van der Waals surface area (Å²) in [5.74, 6) is -0.185. The molecular formula is C20H17N3OS. The first-order valence-electron chi connectivity index (χ1n) is 8.16. The first-order valence-corrected chi connectivity index (χ1v) is 9.04. The highest BCUT2D eigenvalue weighted by molar-refractivity contribution is 7.12. The third kappa shape index (κ3) is 2.83. The van der Waals surface area contributed by atoms with Crippen molar-refractivity contribution in [1.29, 1.82) is 0 Å². The normalized spacial score (nSPS) is 11.6. The molecule has 25 heavy (non-hydrogen) atoms. The van der Waals surface area contributed by atoms with E-state index in [2.05, 4.69) is 58.4 Å². The summed E-state index contributed by atoms with van der Waals surface area (Å²) in [6, 6.07) is 18.3. The average Bonchev–Trinajstić information content (AvgIpc) is 3.28. The van der Waals surface area contributed by atoms with Gasteiger partial charge in [0.05, 0.1) is 11.1 Å². The fourth-order valence-electron chi connectivity index (χ4n) is 3.12. The third-order valence-electron chi connectivity index (χ3n) is 4.24. The first kappa shape index (κ1) is 15.6. The molecule has 0 saturated heterocycles. The molecule has 2 heterocycles. The summed E-state index contributed by atoms with van der Waals surface area (Å²) in [4.78, 5) is 12.6. The maximum atomic E-state index is 11.9. The molecule has 2 aromatic heterocycles. The molecule has 0 fully saturated rings. The molecule has 4 rings (SSSR count). The highest BCUT2D eigenvalue weighted by atomic mass is 32.1. The Hall–Kier alpha value is -2.92. The number of carbonyl (C=O) groups is 1. The Morgan fingerprint density at radius 2 is 1.96 bits per heavy atom. The van der Waals surface area contributed by atoms with Crippen LogP contribution < -0.4 is 5.43 Å². The van der Waals surface area contributed by atoms with Crippen LogP contribution in [0.15, 0.2) is 65.1 Å². The number of fused-ring (bicyclic) bond motifs is 3. The van der Waals surface area contributed by atoms with E-state index < -0.39 is 0 Å². The van der Waals surface area contributed by atoms with Gasteiger partial charge in [-0.1, -0.05) is 30.3 Å². The van der Waals surface area contributed by atoms with E-state index in [0.29, 0.717) is 4.88 Å². The fraction of sp³-hybridized carbons (Fsp3) is 0.100. The van der Waals surface area contributed by atoms with Crippen LogP contribution in [0.25, 0.3) is 21.8 Å². The Morgan fingerprint density at radius 3 is 2.76 bits per heavy atom. The van der Waals surface area contributed by atoms with Crippen molar-refractivity contribution < 1.29 is 4.79 Å². The Labute approximate surface area is 149 Å². The number of para-hydroxylation sites is 1. The third-order valence-corrected chi connectivity index (χ3v) is 5.11. The van der Waals surface area contributed by atoms with Crippen molar-refractivity contribution >= 4 is 45.3 Å². The van der Waals surface area contributed by atoms with Crippen molar-refractivity contribution in [3.8, 4) is 0 Å². The Bertz CT molecular complexity index is 1080. The molecule has 5 heteroatoms. The zero-order chi connectivity index (χ0) is 17.2. The lowest BCUT2D eigenvalue weighted by atomic mass is 10.1. The molecule has 0 spiro atoms. The quantitative estimate of drug-likeness (QED) is 0.424. The van der Waals surface area contributed by atoms with E-state index in [1.54, 1.807) is 12.3 Å². The minimum Gasteiger partial charge on any atom is -0.341 e. The average molecular weight is 347 g/mol. The van der Waals surface area contributed by atoms with Crippen LogP contribution in [-0.4, -0.2) is 16.7 Å². The number of nitrogens with zero attached hydrogens (tertiary/aromatic N) is 2. The molecule has 1 N–H and O–H groups in total. The lowest BCUT2D eigenvalue weighted by molar-refractivity contribution is 0.0959. The van der Waals surface area contributed by atoms with E-state index in [0.717, 1.165) is 12.1 Å². The van der Waals surface area contributed by atoms with Crippen LogP contribution in [0.3, 0.4) is 0 Å². The monoisotopic (exact) mass is 347 g/mol.